The maximum absolute atomic E-state index is 12.5. The first-order chi connectivity index (χ1) is 12.7. The number of carbonyl (C=O) groups is 1. The van der Waals surface area contributed by atoms with Gasteiger partial charge in [-0.2, -0.15) is 0 Å². The van der Waals surface area contributed by atoms with E-state index in [1.54, 1.807) is 22.9 Å². The fourth-order valence-corrected chi connectivity index (χ4v) is 3.61. The summed E-state index contributed by atoms with van der Waals surface area (Å²) in [4.78, 5) is 12.5. The van der Waals surface area contributed by atoms with Gasteiger partial charge in [0.15, 0.2) is 11.5 Å². The Hall–Kier alpha value is -2.33. The number of hydrogen-bond acceptors (Lipinski definition) is 8. The second-order valence-electron chi connectivity index (χ2n) is 6.10. The van der Waals surface area contributed by atoms with Gasteiger partial charge < -0.3 is 19.5 Å². The van der Waals surface area contributed by atoms with E-state index in [1.807, 2.05) is 6.92 Å². The lowest BCUT2D eigenvalue weighted by Crippen LogP contribution is -2.23. The van der Waals surface area contributed by atoms with Crippen LogP contribution >= 0.6 is 11.8 Å². The summed E-state index contributed by atoms with van der Waals surface area (Å²) in [5.41, 5.74) is 0.658. The molecule has 1 amide bonds. The van der Waals surface area contributed by atoms with Crippen molar-refractivity contribution < 1.29 is 19.0 Å². The predicted octanol–water partition coefficient (Wildman–Crippen LogP) is 1.70. The number of fused-ring (bicyclic) bond motifs is 1. The van der Waals surface area contributed by atoms with Crippen LogP contribution in [0.4, 0.5) is 5.69 Å². The van der Waals surface area contributed by atoms with Crippen LogP contribution in [0, 0.1) is 0 Å². The van der Waals surface area contributed by atoms with Crippen molar-refractivity contribution in [3.8, 4) is 11.5 Å². The summed E-state index contributed by atoms with van der Waals surface area (Å²) in [6, 6.07) is 5.31. The number of thioether (sulfide) groups is 1. The van der Waals surface area contributed by atoms with E-state index in [-0.39, 0.29) is 24.1 Å². The Kier molecular flexibility index (Phi) is 4.93. The fraction of sp³-hybridized carbons (Fsp3) is 0.500. The fourth-order valence-electron chi connectivity index (χ4n) is 2.81. The van der Waals surface area contributed by atoms with E-state index in [2.05, 4.69) is 20.8 Å². The Morgan fingerprint density at radius 2 is 2.31 bits per heavy atom. The lowest BCUT2D eigenvalue weighted by atomic mass is 10.2. The molecule has 0 unspecified atom stereocenters. The summed E-state index contributed by atoms with van der Waals surface area (Å²) in [5.74, 6) is 1.17. The number of benzene rings is 1. The molecule has 1 aromatic carbocycles. The zero-order chi connectivity index (χ0) is 17.9. The zero-order valence-electron chi connectivity index (χ0n) is 14.3. The number of amides is 1. The monoisotopic (exact) mass is 377 g/mol. The molecule has 2 aliphatic heterocycles. The molecule has 0 aliphatic carbocycles. The van der Waals surface area contributed by atoms with E-state index < -0.39 is 0 Å². The van der Waals surface area contributed by atoms with E-state index in [4.69, 9.17) is 14.2 Å². The highest BCUT2D eigenvalue weighted by Gasteiger charge is 2.23. The highest BCUT2D eigenvalue weighted by Crippen LogP contribution is 2.34. The number of carbonyl (C=O) groups excluding carboxylic acids is 1. The van der Waals surface area contributed by atoms with Crippen LogP contribution in [-0.4, -0.2) is 50.9 Å². The number of tetrazole rings is 1. The van der Waals surface area contributed by atoms with Gasteiger partial charge in [0.05, 0.1) is 17.9 Å². The van der Waals surface area contributed by atoms with Gasteiger partial charge in [0, 0.05) is 18.4 Å². The van der Waals surface area contributed by atoms with Gasteiger partial charge in [0.1, 0.15) is 0 Å². The van der Waals surface area contributed by atoms with E-state index in [0.717, 1.165) is 19.4 Å². The molecule has 4 rings (SSSR count). The van der Waals surface area contributed by atoms with E-state index in [9.17, 15) is 4.79 Å². The van der Waals surface area contributed by atoms with Gasteiger partial charge in [-0.1, -0.05) is 11.8 Å². The Morgan fingerprint density at radius 3 is 3.15 bits per heavy atom. The van der Waals surface area contributed by atoms with Gasteiger partial charge in [-0.05, 0) is 42.3 Å². The molecule has 2 atom stereocenters. The molecule has 2 aliphatic rings. The maximum Gasteiger partial charge on any atom is 0.237 e. The third-order valence-electron chi connectivity index (χ3n) is 4.19. The molecule has 1 fully saturated rings. The molecular formula is C16H19N5O4S. The van der Waals surface area contributed by atoms with Crippen molar-refractivity contribution in [2.45, 2.75) is 42.8 Å². The summed E-state index contributed by atoms with van der Waals surface area (Å²) in [5, 5.41) is 14.9. The molecule has 26 heavy (non-hydrogen) atoms. The number of anilines is 1. The Labute approximate surface area is 154 Å². The molecule has 0 radical (unpaired) electrons. The predicted molar refractivity (Wildman–Crippen MR) is 93.3 cm³/mol. The van der Waals surface area contributed by atoms with Gasteiger partial charge in [-0.25, -0.2) is 4.68 Å². The molecule has 1 N–H and O–H groups in total. The first-order valence-electron chi connectivity index (χ1n) is 8.44. The smallest absolute Gasteiger partial charge is 0.237 e. The van der Waals surface area contributed by atoms with Crippen molar-refractivity contribution in [3.05, 3.63) is 18.2 Å². The van der Waals surface area contributed by atoms with Crippen LogP contribution in [0.15, 0.2) is 23.4 Å². The number of nitrogens with one attached hydrogen (secondary N) is 1. The molecule has 138 valence electrons. The van der Waals surface area contributed by atoms with Crippen molar-refractivity contribution in [2.75, 3.05) is 18.7 Å². The minimum absolute atomic E-state index is 0.135. The molecule has 0 spiro atoms. The van der Waals surface area contributed by atoms with Crippen molar-refractivity contribution in [2.24, 2.45) is 0 Å². The maximum atomic E-state index is 12.5. The van der Waals surface area contributed by atoms with Gasteiger partial charge in [-0.3, -0.25) is 4.79 Å². The van der Waals surface area contributed by atoms with Gasteiger partial charge in [0.25, 0.3) is 0 Å². The van der Waals surface area contributed by atoms with Crippen LogP contribution in [0.3, 0.4) is 0 Å². The van der Waals surface area contributed by atoms with Crippen LogP contribution in [0.2, 0.25) is 0 Å². The summed E-state index contributed by atoms with van der Waals surface area (Å²) in [6.07, 6.45) is 2.20. The molecule has 10 heteroatoms. The Morgan fingerprint density at radius 1 is 1.42 bits per heavy atom. The van der Waals surface area contributed by atoms with Gasteiger partial charge in [0.2, 0.25) is 17.9 Å². The zero-order valence-corrected chi connectivity index (χ0v) is 15.1. The van der Waals surface area contributed by atoms with Crippen LogP contribution in [0.25, 0.3) is 0 Å². The van der Waals surface area contributed by atoms with E-state index in [0.29, 0.717) is 28.9 Å². The summed E-state index contributed by atoms with van der Waals surface area (Å²) >= 11 is 1.32. The topological polar surface area (TPSA) is 100 Å². The molecular weight excluding hydrogens is 358 g/mol. The molecule has 1 aromatic heterocycles. The average molecular weight is 377 g/mol. The first-order valence-corrected chi connectivity index (χ1v) is 9.32. The number of nitrogens with zero attached hydrogens (tertiary/aromatic N) is 4. The van der Waals surface area contributed by atoms with Gasteiger partial charge >= 0.3 is 0 Å². The van der Waals surface area contributed by atoms with Crippen LogP contribution in [-0.2, 0) is 16.1 Å². The van der Waals surface area contributed by atoms with Crippen molar-refractivity contribution in [3.63, 3.8) is 0 Å². The summed E-state index contributed by atoms with van der Waals surface area (Å²) in [7, 11) is 0. The Bertz CT molecular complexity index is 793. The van der Waals surface area contributed by atoms with Crippen LogP contribution in [0.1, 0.15) is 19.8 Å². The van der Waals surface area contributed by atoms with Crippen molar-refractivity contribution in [1.29, 1.82) is 0 Å². The molecule has 0 saturated carbocycles. The van der Waals surface area contributed by atoms with Crippen LogP contribution < -0.4 is 14.8 Å². The van der Waals surface area contributed by atoms with Crippen molar-refractivity contribution >= 4 is 23.4 Å². The van der Waals surface area contributed by atoms with Crippen molar-refractivity contribution in [1.82, 2.24) is 20.2 Å². The molecule has 3 heterocycles. The quantitative estimate of drug-likeness (QED) is 0.759. The first kappa shape index (κ1) is 17.1. The van der Waals surface area contributed by atoms with E-state index in [1.165, 1.54) is 11.8 Å². The van der Waals surface area contributed by atoms with E-state index >= 15 is 0 Å². The Balaban J connectivity index is 1.36. The highest BCUT2D eigenvalue weighted by molar-refractivity contribution is 8.00. The van der Waals surface area contributed by atoms with Crippen LogP contribution in [0.5, 0.6) is 11.5 Å². The van der Waals surface area contributed by atoms with Gasteiger partial charge in [-0.15, -0.1) is 5.10 Å². The SMILES string of the molecule is C[C@H](Sc1nnnn1C[C@H]1CCCO1)C(=O)Nc1ccc2c(c1)OCO2. The normalized spacial score (nSPS) is 19.5. The lowest BCUT2D eigenvalue weighted by Gasteiger charge is -2.13. The minimum atomic E-state index is -0.366. The number of ether oxygens (including phenoxy) is 3. The molecule has 9 nitrogen and oxygen atoms in total. The minimum Gasteiger partial charge on any atom is -0.454 e. The number of rotatable bonds is 6. The summed E-state index contributed by atoms with van der Waals surface area (Å²) < 4.78 is 17.9. The molecule has 1 saturated heterocycles. The summed E-state index contributed by atoms with van der Waals surface area (Å²) in [6.45, 7) is 3.40. The molecule has 2 aromatic rings. The average Bonchev–Trinajstić information content (AvgIpc) is 3.37. The third kappa shape index (κ3) is 3.75. The second kappa shape index (κ2) is 7.50. The highest BCUT2D eigenvalue weighted by atomic mass is 32.2. The lowest BCUT2D eigenvalue weighted by molar-refractivity contribution is -0.115. The second-order valence-corrected chi connectivity index (χ2v) is 7.40. The largest absolute Gasteiger partial charge is 0.454 e. The third-order valence-corrected chi connectivity index (χ3v) is 5.26. The standard InChI is InChI=1S/C16H19N5O4S/c1-10(15(22)17-11-4-5-13-14(7-11)25-9-24-13)26-16-18-19-20-21(16)8-12-3-2-6-23-12/h4-5,7,10,12H,2-3,6,8-9H2,1H3,(H,17,22)/t10-,12+/m0/s1. The number of hydrogen-bond donors (Lipinski definition) is 1. The number of aromatic nitrogens is 4. The molecule has 0 bridgehead atoms.